The van der Waals surface area contributed by atoms with Crippen molar-refractivity contribution in [2.24, 2.45) is 0 Å². The largest absolute Gasteiger partial charge is 0.497 e. The van der Waals surface area contributed by atoms with E-state index in [2.05, 4.69) is 17.5 Å². The van der Waals surface area contributed by atoms with Crippen LogP contribution in [0.2, 0.25) is 0 Å². The molecule has 0 amide bonds. The van der Waals surface area contributed by atoms with E-state index >= 15 is 0 Å². The van der Waals surface area contributed by atoms with Crippen molar-refractivity contribution in [3.8, 4) is 0 Å². The Morgan fingerprint density at radius 2 is 2.24 bits per heavy atom. The SMILES string of the molecule is OCc1cccc(CNCC2CCC=CO2)c1. The minimum atomic E-state index is 0.102. The molecule has 1 aromatic carbocycles. The molecule has 0 aliphatic carbocycles. The molecule has 1 aliphatic heterocycles. The van der Waals surface area contributed by atoms with E-state index in [4.69, 9.17) is 9.84 Å². The first-order chi connectivity index (χ1) is 8.38. The summed E-state index contributed by atoms with van der Waals surface area (Å²) in [5, 5.41) is 12.4. The van der Waals surface area contributed by atoms with Crippen LogP contribution in [0.5, 0.6) is 0 Å². The summed E-state index contributed by atoms with van der Waals surface area (Å²) in [5.74, 6) is 0. The maximum atomic E-state index is 9.04. The van der Waals surface area contributed by atoms with Crippen LogP contribution in [0.25, 0.3) is 0 Å². The summed E-state index contributed by atoms with van der Waals surface area (Å²) in [6.45, 7) is 1.79. The van der Waals surface area contributed by atoms with Gasteiger partial charge in [-0.15, -0.1) is 0 Å². The Hall–Kier alpha value is -1.32. The van der Waals surface area contributed by atoms with E-state index in [1.165, 1.54) is 5.56 Å². The monoisotopic (exact) mass is 233 g/mol. The minimum Gasteiger partial charge on any atom is -0.497 e. The van der Waals surface area contributed by atoms with E-state index in [1.54, 1.807) is 6.26 Å². The van der Waals surface area contributed by atoms with Crippen molar-refractivity contribution in [3.05, 3.63) is 47.7 Å². The molecule has 1 heterocycles. The summed E-state index contributed by atoms with van der Waals surface area (Å²) in [5.41, 5.74) is 2.16. The standard InChI is InChI=1S/C14H19NO2/c16-11-13-5-3-4-12(8-13)9-15-10-14-6-1-2-7-17-14/h2-5,7-8,14-16H,1,6,9-11H2. The maximum absolute atomic E-state index is 9.04. The van der Waals surface area contributed by atoms with E-state index < -0.39 is 0 Å². The van der Waals surface area contributed by atoms with Crippen molar-refractivity contribution < 1.29 is 9.84 Å². The van der Waals surface area contributed by atoms with E-state index in [-0.39, 0.29) is 6.61 Å². The number of rotatable bonds is 5. The lowest BCUT2D eigenvalue weighted by molar-refractivity contribution is 0.122. The number of hydrogen-bond acceptors (Lipinski definition) is 3. The highest BCUT2D eigenvalue weighted by molar-refractivity contribution is 5.22. The number of ether oxygens (including phenoxy) is 1. The van der Waals surface area contributed by atoms with Gasteiger partial charge in [-0.3, -0.25) is 0 Å². The zero-order valence-electron chi connectivity index (χ0n) is 9.93. The van der Waals surface area contributed by atoms with Gasteiger partial charge in [0.1, 0.15) is 6.10 Å². The van der Waals surface area contributed by atoms with Crippen LogP contribution in [-0.2, 0) is 17.9 Å². The normalized spacial score (nSPS) is 19.0. The van der Waals surface area contributed by atoms with Crippen LogP contribution in [0.4, 0.5) is 0 Å². The lowest BCUT2D eigenvalue weighted by Crippen LogP contribution is -2.28. The fraction of sp³-hybridized carbons (Fsp3) is 0.429. The minimum absolute atomic E-state index is 0.102. The van der Waals surface area contributed by atoms with Crippen molar-refractivity contribution in [1.82, 2.24) is 5.32 Å². The molecular weight excluding hydrogens is 214 g/mol. The first-order valence-electron chi connectivity index (χ1n) is 6.08. The molecule has 1 aromatic rings. The van der Waals surface area contributed by atoms with Gasteiger partial charge in [0.25, 0.3) is 0 Å². The van der Waals surface area contributed by atoms with E-state index in [1.807, 2.05) is 18.2 Å². The topological polar surface area (TPSA) is 41.5 Å². The van der Waals surface area contributed by atoms with Gasteiger partial charge in [-0.1, -0.05) is 24.3 Å². The van der Waals surface area contributed by atoms with Crippen LogP contribution in [-0.4, -0.2) is 17.8 Å². The molecule has 0 saturated heterocycles. The molecule has 2 rings (SSSR count). The second-order valence-electron chi connectivity index (χ2n) is 4.32. The summed E-state index contributed by atoms with van der Waals surface area (Å²) in [6.07, 6.45) is 6.33. The predicted octanol–water partition coefficient (Wildman–Crippen LogP) is 1.96. The second kappa shape index (κ2) is 6.42. The van der Waals surface area contributed by atoms with Gasteiger partial charge in [0.15, 0.2) is 0 Å². The molecule has 1 aliphatic rings. The lowest BCUT2D eigenvalue weighted by Gasteiger charge is -2.19. The molecular formula is C14H19NO2. The first-order valence-corrected chi connectivity index (χ1v) is 6.08. The molecule has 0 saturated carbocycles. The van der Waals surface area contributed by atoms with Crippen LogP contribution in [0.3, 0.4) is 0 Å². The fourth-order valence-corrected chi connectivity index (χ4v) is 1.95. The Morgan fingerprint density at radius 3 is 3.00 bits per heavy atom. The number of allylic oxidation sites excluding steroid dienone is 1. The van der Waals surface area contributed by atoms with E-state index in [0.717, 1.165) is 31.5 Å². The van der Waals surface area contributed by atoms with Crippen LogP contribution in [0, 0.1) is 0 Å². The molecule has 0 radical (unpaired) electrons. The predicted molar refractivity (Wildman–Crippen MR) is 67.3 cm³/mol. The van der Waals surface area contributed by atoms with Crippen molar-refractivity contribution in [2.45, 2.75) is 32.1 Å². The maximum Gasteiger partial charge on any atom is 0.110 e. The van der Waals surface area contributed by atoms with Crippen molar-refractivity contribution >= 4 is 0 Å². The van der Waals surface area contributed by atoms with Crippen molar-refractivity contribution in [1.29, 1.82) is 0 Å². The zero-order valence-corrected chi connectivity index (χ0v) is 9.93. The van der Waals surface area contributed by atoms with E-state index in [9.17, 15) is 0 Å². The third-order valence-corrected chi connectivity index (χ3v) is 2.90. The molecule has 0 bridgehead atoms. The Morgan fingerprint density at radius 1 is 1.35 bits per heavy atom. The van der Waals surface area contributed by atoms with Crippen LogP contribution < -0.4 is 5.32 Å². The van der Waals surface area contributed by atoms with Gasteiger partial charge < -0.3 is 15.2 Å². The lowest BCUT2D eigenvalue weighted by atomic mass is 10.1. The third-order valence-electron chi connectivity index (χ3n) is 2.90. The number of aliphatic hydroxyl groups excluding tert-OH is 1. The molecule has 0 spiro atoms. The van der Waals surface area contributed by atoms with Gasteiger partial charge in [-0.2, -0.15) is 0 Å². The van der Waals surface area contributed by atoms with Gasteiger partial charge in [-0.25, -0.2) is 0 Å². The van der Waals surface area contributed by atoms with Gasteiger partial charge >= 0.3 is 0 Å². The van der Waals surface area contributed by atoms with Crippen molar-refractivity contribution in [3.63, 3.8) is 0 Å². The van der Waals surface area contributed by atoms with Crippen LogP contribution in [0.15, 0.2) is 36.6 Å². The van der Waals surface area contributed by atoms with Crippen molar-refractivity contribution in [2.75, 3.05) is 6.54 Å². The first kappa shape index (κ1) is 12.1. The van der Waals surface area contributed by atoms with Gasteiger partial charge in [0.05, 0.1) is 12.9 Å². The molecule has 17 heavy (non-hydrogen) atoms. The highest BCUT2D eigenvalue weighted by Crippen LogP contribution is 2.09. The quantitative estimate of drug-likeness (QED) is 0.817. The molecule has 1 unspecified atom stereocenters. The molecule has 2 N–H and O–H groups in total. The summed E-state index contributed by atoms with van der Waals surface area (Å²) in [7, 11) is 0. The molecule has 0 aromatic heterocycles. The zero-order chi connectivity index (χ0) is 11.9. The van der Waals surface area contributed by atoms with Gasteiger partial charge in [0.2, 0.25) is 0 Å². The summed E-state index contributed by atoms with van der Waals surface area (Å²) >= 11 is 0. The smallest absolute Gasteiger partial charge is 0.110 e. The molecule has 3 heteroatoms. The Bertz CT molecular complexity index is 376. The summed E-state index contributed by atoms with van der Waals surface area (Å²) in [6, 6.07) is 7.99. The molecule has 3 nitrogen and oxygen atoms in total. The average molecular weight is 233 g/mol. The fourth-order valence-electron chi connectivity index (χ4n) is 1.95. The molecule has 1 atom stereocenters. The Labute approximate surface area is 102 Å². The average Bonchev–Trinajstić information content (AvgIpc) is 2.40. The number of aliphatic hydroxyl groups is 1. The summed E-state index contributed by atoms with van der Waals surface area (Å²) in [4.78, 5) is 0. The van der Waals surface area contributed by atoms with E-state index in [0.29, 0.717) is 6.10 Å². The Kier molecular flexibility index (Phi) is 4.59. The summed E-state index contributed by atoms with van der Waals surface area (Å²) < 4.78 is 5.48. The van der Waals surface area contributed by atoms with Gasteiger partial charge in [-0.05, 0) is 30.0 Å². The van der Waals surface area contributed by atoms with Crippen LogP contribution in [0.1, 0.15) is 24.0 Å². The number of benzene rings is 1. The molecule has 92 valence electrons. The third kappa shape index (κ3) is 3.88. The van der Waals surface area contributed by atoms with Gasteiger partial charge in [0, 0.05) is 13.1 Å². The highest BCUT2D eigenvalue weighted by Gasteiger charge is 2.09. The Balaban J connectivity index is 1.75. The second-order valence-corrected chi connectivity index (χ2v) is 4.32. The number of nitrogens with one attached hydrogen (secondary N) is 1. The number of hydrogen-bond donors (Lipinski definition) is 2. The highest BCUT2D eigenvalue weighted by atomic mass is 16.5. The molecule has 0 fully saturated rings. The van der Waals surface area contributed by atoms with Crippen LogP contribution >= 0.6 is 0 Å².